The summed E-state index contributed by atoms with van der Waals surface area (Å²) < 4.78 is 11.6. The van der Waals surface area contributed by atoms with Crippen molar-refractivity contribution in [1.29, 1.82) is 0 Å². The largest absolute Gasteiger partial charge is 0.494 e. The highest BCUT2D eigenvalue weighted by Crippen LogP contribution is 2.24. The summed E-state index contributed by atoms with van der Waals surface area (Å²) in [6, 6.07) is 14.2. The van der Waals surface area contributed by atoms with Gasteiger partial charge in [0, 0.05) is 11.8 Å². The minimum Gasteiger partial charge on any atom is -0.494 e. The van der Waals surface area contributed by atoms with Gasteiger partial charge in [0.15, 0.2) is 0 Å². The molecule has 2 rings (SSSR count). The quantitative estimate of drug-likeness (QED) is 0.811. The topological polar surface area (TPSA) is 30.5 Å². The van der Waals surface area contributed by atoms with Crippen molar-refractivity contribution in [3.05, 3.63) is 53.6 Å². The van der Waals surface area contributed by atoms with E-state index in [4.69, 9.17) is 9.47 Å². The Bertz CT molecular complexity index is 590. The van der Waals surface area contributed by atoms with Gasteiger partial charge in [-0.2, -0.15) is 0 Å². The number of hydrogen-bond donors (Lipinski definition) is 1. The van der Waals surface area contributed by atoms with Gasteiger partial charge in [0.25, 0.3) is 0 Å². The molecular formula is C19H25NO2. The smallest absolute Gasteiger partial charge is 0.125 e. The maximum atomic E-state index is 6.08. The van der Waals surface area contributed by atoms with Gasteiger partial charge in [0.05, 0.1) is 13.2 Å². The van der Waals surface area contributed by atoms with Crippen LogP contribution in [0.2, 0.25) is 0 Å². The van der Waals surface area contributed by atoms with Gasteiger partial charge in [-0.25, -0.2) is 0 Å². The third kappa shape index (κ3) is 4.42. The molecule has 0 aliphatic heterocycles. The molecule has 2 aromatic carbocycles. The number of rotatable bonds is 7. The van der Waals surface area contributed by atoms with Gasteiger partial charge in [-0.05, 0) is 51.0 Å². The van der Waals surface area contributed by atoms with Crippen molar-refractivity contribution in [1.82, 2.24) is 0 Å². The van der Waals surface area contributed by atoms with Gasteiger partial charge >= 0.3 is 0 Å². The van der Waals surface area contributed by atoms with E-state index in [-0.39, 0.29) is 6.10 Å². The average molecular weight is 299 g/mol. The number of aryl methyl sites for hydroxylation is 2. The predicted molar refractivity (Wildman–Crippen MR) is 92.1 cm³/mol. The molecule has 22 heavy (non-hydrogen) atoms. The van der Waals surface area contributed by atoms with Crippen LogP contribution < -0.4 is 14.8 Å². The predicted octanol–water partition coefficient (Wildman–Crippen LogP) is 4.58. The van der Waals surface area contributed by atoms with Crippen LogP contribution in [0.25, 0.3) is 0 Å². The SMILES string of the molecule is CCOc1cccc(NCC(C)Oc2c(C)cccc2C)c1. The molecule has 0 spiro atoms. The summed E-state index contributed by atoms with van der Waals surface area (Å²) in [4.78, 5) is 0. The van der Waals surface area contributed by atoms with E-state index in [1.165, 1.54) is 11.1 Å². The number of hydrogen-bond acceptors (Lipinski definition) is 3. The Morgan fingerprint density at radius 3 is 2.41 bits per heavy atom. The fourth-order valence-corrected chi connectivity index (χ4v) is 2.35. The summed E-state index contributed by atoms with van der Waals surface area (Å²) >= 11 is 0. The van der Waals surface area contributed by atoms with Crippen molar-refractivity contribution < 1.29 is 9.47 Å². The molecule has 3 heteroatoms. The van der Waals surface area contributed by atoms with Gasteiger partial charge in [0.2, 0.25) is 0 Å². The molecule has 2 aromatic rings. The summed E-state index contributed by atoms with van der Waals surface area (Å²) in [6.07, 6.45) is 0.0792. The van der Waals surface area contributed by atoms with E-state index in [1.54, 1.807) is 0 Å². The minimum atomic E-state index is 0.0792. The molecule has 1 N–H and O–H groups in total. The molecule has 1 unspecified atom stereocenters. The number of ether oxygens (including phenoxy) is 2. The summed E-state index contributed by atoms with van der Waals surface area (Å²) in [5, 5.41) is 3.40. The second kappa shape index (κ2) is 7.74. The lowest BCUT2D eigenvalue weighted by molar-refractivity contribution is 0.231. The van der Waals surface area contributed by atoms with Gasteiger partial charge < -0.3 is 14.8 Å². The average Bonchev–Trinajstić information content (AvgIpc) is 2.50. The summed E-state index contributed by atoms with van der Waals surface area (Å²) in [7, 11) is 0. The van der Waals surface area contributed by atoms with E-state index in [0.717, 1.165) is 23.7 Å². The number of nitrogens with one attached hydrogen (secondary N) is 1. The van der Waals surface area contributed by atoms with E-state index in [9.17, 15) is 0 Å². The number of anilines is 1. The summed E-state index contributed by atoms with van der Waals surface area (Å²) in [5.41, 5.74) is 3.39. The Labute approximate surface area is 133 Å². The highest BCUT2D eigenvalue weighted by molar-refractivity contribution is 5.48. The first-order valence-corrected chi connectivity index (χ1v) is 7.79. The van der Waals surface area contributed by atoms with Crippen LogP contribution in [0.5, 0.6) is 11.5 Å². The normalized spacial score (nSPS) is 11.8. The Balaban J connectivity index is 1.92. The van der Waals surface area contributed by atoms with Crippen molar-refractivity contribution in [3.63, 3.8) is 0 Å². The molecule has 1 atom stereocenters. The van der Waals surface area contributed by atoms with Crippen molar-refractivity contribution in [2.24, 2.45) is 0 Å². The second-order valence-electron chi connectivity index (χ2n) is 5.49. The highest BCUT2D eigenvalue weighted by Gasteiger charge is 2.09. The first kappa shape index (κ1) is 16.2. The van der Waals surface area contributed by atoms with Crippen molar-refractivity contribution in [3.8, 4) is 11.5 Å². The van der Waals surface area contributed by atoms with E-state index in [1.807, 2.05) is 31.2 Å². The molecule has 0 saturated heterocycles. The Morgan fingerprint density at radius 1 is 1.05 bits per heavy atom. The van der Waals surface area contributed by atoms with E-state index in [0.29, 0.717) is 6.61 Å². The summed E-state index contributed by atoms with van der Waals surface area (Å²) in [6.45, 7) is 9.63. The summed E-state index contributed by atoms with van der Waals surface area (Å²) in [5.74, 6) is 1.87. The van der Waals surface area contributed by atoms with Crippen LogP contribution in [-0.2, 0) is 0 Å². The van der Waals surface area contributed by atoms with Gasteiger partial charge in [-0.1, -0.05) is 24.3 Å². The molecule has 0 bridgehead atoms. The van der Waals surface area contributed by atoms with Gasteiger partial charge in [-0.15, -0.1) is 0 Å². The molecule has 0 heterocycles. The van der Waals surface area contributed by atoms with E-state index in [2.05, 4.69) is 44.3 Å². The molecule has 0 aliphatic carbocycles. The number of para-hydroxylation sites is 1. The zero-order valence-corrected chi connectivity index (χ0v) is 13.8. The van der Waals surface area contributed by atoms with E-state index >= 15 is 0 Å². The first-order chi connectivity index (χ1) is 10.6. The molecule has 3 nitrogen and oxygen atoms in total. The van der Waals surface area contributed by atoms with Crippen LogP contribution in [0.15, 0.2) is 42.5 Å². The monoisotopic (exact) mass is 299 g/mol. The van der Waals surface area contributed by atoms with Crippen molar-refractivity contribution >= 4 is 5.69 Å². The van der Waals surface area contributed by atoms with Gasteiger partial charge in [0.1, 0.15) is 17.6 Å². The molecule has 0 fully saturated rings. The maximum absolute atomic E-state index is 6.08. The maximum Gasteiger partial charge on any atom is 0.125 e. The lowest BCUT2D eigenvalue weighted by Gasteiger charge is -2.19. The van der Waals surface area contributed by atoms with Crippen LogP contribution in [0, 0.1) is 13.8 Å². The van der Waals surface area contributed by atoms with Crippen molar-refractivity contribution in [2.75, 3.05) is 18.5 Å². The zero-order valence-electron chi connectivity index (χ0n) is 13.8. The first-order valence-electron chi connectivity index (χ1n) is 7.79. The highest BCUT2D eigenvalue weighted by atomic mass is 16.5. The Kier molecular flexibility index (Phi) is 5.70. The lowest BCUT2D eigenvalue weighted by atomic mass is 10.1. The molecule has 0 aliphatic rings. The van der Waals surface area contributed by atoms with Gasteiger partial charge in [-0.3, -0.25) is 0 Å². The Hall–Kier alpha value is -2.16. The third-order valence-electron chi connectivity index (χ3n) is 3.47. The van der Waals surface area contributed by atoms with Crippen LogP contribution in [-0.4, -0.2) is 19.3 Å². The zero-order chi connectivity index (χ0) is 15.9. The standard InChI is InChI=1S/C19H25NO2/c1-5-21-18-11-7-10-17(12-18)20-13-16(4)22-19-14(2)8-6-9-15(19)3/h6-12,16,20H,5,13H2,1-4H3. The third-order valence-corrected chi connectivity index (χ3v) is 3.47. The molecule has 118 valence electrons. The number of benzene rings is 2. The lowest BCUT2D eigenvalue weighted by Crippen LogP contribution is -2.23. The van der Waals surface area contributed by atoms with Crippen LogP contribution >= 0.6 is 0 Å². The molecule has 0 saturated carbocycles. The van der Waals surface area contributed by atoms with Crippen LogP contribution in [0.3, 0.4) is 0 Å². The van der Waals surface area contributed by atoms with E-state index < -0.39 is 0 Å². The molecule has 0 radical (unpaired) electrons. The van der Waals surface area contributed by atoms with Crippen LogP contribution in [0.4, 0.5) is 5.69 Å². The fourth-order valence-electron chi connectivity index (χ4n) is 2.35. The molecule has 0 amide bonds. The molecular weight excluding hydrogens is 274 g/mol. The molecule has 0 aromatic heterocycles. The van der Waals surface area contributed by atoms with Crippen molar-refractivity contribution in [2.45, 2.75) is 33.8 Å². The van der Waals surface area contributed by atoms with Crippen LogP contribution in [0.1, 0.15) is 25.0 Å². The Morgan fingerprint density at radius 2 is 1.73 bits per heavy atom. The minimum absolute atomic E-state index is 0.0792. The fraction of sp³-hybridized carbons (Fsp3) is 0.368. The second-order valence-corrected chi connectivity index (χ2v) is 5.49.